The van der Waals surface area contributed by atoms with Crippen molar-refractivity contribution in [2.45, 2.75) is 19.9 Å². The summed E-state index contributed by atoms with van der Waals surface area (Å²) in [7, 11) is 2.99. The first kappa shape index (κ1) is 18.7. The maximum Gasteiger partial charge on any atom is 0.341 e. The summed E-state index contributed by atoms with van der Waals surface area (Å²) in [5.41, 5.74) is 2.27. The lowest BCUT2D eigenvalue weighted by molar-refractivity contribution is -0.129. The number of ether oxygens (including phenoxy) is 2. The van der Waals surface area contributed by atoms with Crippen LogP contribution in [-0.2, 0) is 22.5 Å². The number of anilines is 2. The predicted molar refractivity (Wildman–Crippen MR) is 110 cm³/mol. The van der Waals surface area contributed by atoms with Crippen LogP contribution in [0.1, 0.15) is 27.7 Å². The summed E-state index contributed by atoms with van der Waals surface area (Å²) in [5.74, 6) is 0.360. The van der Waals surface area contributed by atoms with Crippen molar-refractivity contribution in [3.05, 3.63) is 34.2 Å². The van der Waals surface area contributed by atoms with Crippen LogP contribution < -0.4 is 10.1 Å². The molecule has 1 N–H and O–H groups in total. The van der Waals surface area contributed by atoms with Crippen molar-refractivity contribution in [1.82, 2.24) is 9.88 Å². The molecule has 0 fully saturated rings. The van der Waals surface area contributed by atoms with Crippen LogP contribution in [0, 0.1) is 0 Å². The van der Waals surface area contributed by atoms with E-state index in [9.17, 15) is 9.59 Å². The van der Waals surface area contributed by atoms with E-state index in [-0.39, 0.29) is 11.9 Å². The molecule has 1 aliphatic heterocycles. The molecule has 0 bridgehead atoms. The number of thiophene rings is 1. The van der Waals surface area contributed by atoms with Gasteiger partial charge in [0.15, 0.2) is 5.13 Å². The van der Waals surface area contributed by atoms with Crippen LogP contribution in [0.15, 0.2) is 18.2 Å². The van der Waals surface area contributed by atoms with Gasteiger partial charge in [-0.25, -0.2) is 9.78 Å². The molecule has 1 aliphatic rings. The third-order valence-corrected chi connectivity index (χ3v) is 6.78. The van der Waals surface area contributed by atoms with Crippen LogP contribution in [0.3, 0.4) is 0 Å². The molecule has 0 aliphatic carbocycles. The second kappa shape index (κ2) is 7.40. The standard InChI is InChI=1S/C19H19N3O4S2/c1-10(23)22-8-7-11-14(9-22)27-17(15(11)18(24)26-3)21-19-20-16-12(25-2)5-4-6-13(16)28-19/h4-6H,7-9H2,1-3H3,(H,20,21). The highest BCUT2D eigenvalue weighted by atomic mass is 32.1. The Bertz CT molecular complexity index is 1070. The quantitative estimate of drug-likeness (QED) is 0.651. The van der Waals surface area contributed by atoms with E-state index in [0.717, 1.165) is 20.7 Å². The van der Waals surface area contributed by atoms with Crippen LogP contribution in [0.4, 0.5) is 10.1 Å². The first-order chi connectivity index (χ1) is 13.5. The summed E-state index contributed by atoms with van der Waals surface area (Å²) >= 11 is 2.96. The molecule has 9 heteroatoms. The number of aromatic nitrogens is 1. The van der Waals surface area contributed by atoms with Crippen LogP contribution in [0.5, 0.6) is 5.75 Å². The Balaban J connectivity index is 1.73. The van der Waals surface area contributed by atoms with Crippen molar-refractivity contribution >= 4 is 54.9 Å². The van der Waals surface area contributed by atoms with Gasteiger partial charge in [0.05, 0.1) is 31.0 Å². The minimum absolute atomic E-state index is 0.0337. The molecule has 0 radical (unpaired) electrons. The SMILES string of the molecule is COC(=O)c1c(Nc2nc3c(OC)cccc3s2)sc2c1CCN(C(C)=O)C2. The van der Waals surface area contributed by atoms with E-state index in [1.54, 1.807) is 18.9 Å². The fraction of sp³-hybridized carbons (Fsp3) is 0.316. The third kappa shape index (κ3) is 3.20. The number of para-hydroxylation sites is 1. The fourth-order valence-electron chi connectivity index (χ4n) is 3.32. The lowest BCUT2D eigenvalue weighted by Crippen LogP contribution is -2.33. The number of methoxy groups -OCH3 is 2. The number of rotatable bonds is 4. The maximum absolute atomic E-state index is 12.5. The smallest absolute Gasteiger partial charge is 0.341 e. The number of benzene rings is 1. The van der Waals surface area contributed by atoms with Gasteiger partial charge < -0.3 is 19.7 Å². The molecule has 28 heavy (non-hydrogen) atoms. The van der Waals surface area contributed by atoms with Gasteiger partial charge in [0.1, 0.15) is 16.3 Å². The first-order valence-corrected chi connectivity index (χ1v) is 10.3. The molecule has 2 aromatic heterocycles. The number of nitrogens with zero attached hydrogens (tertiary/aromatic N) is 2. The number of nitrogens with one attached hydrogen (secondary N) is 1. The summed E-state index contributed by atoms with van der Waals surface area (Å²) in [6.45, 7) is 2.67. The average molecular weight is 418 g/mol. The van der Waals surface area contributed by atoms with Crippen molar-refractivity contribution in [2.24, 2.45) is 0 Å². The largest absolute Gasteiger partial charge is 0.494 e. The minimum atomic E-state index is -0.380. The van der Waals surface area contributed by atoms with Gasteiger partial charge in [-0.3, -0.25) is 4.79 Å². The Kier molecular flexibility index (Phi) is 4.94. The molecule has 0 saturated carbocycles. The van der Waals surface area contributed by atoms with Gasteiger partial charge in [0.2, 0.25) is 5.91 Å². The van der Waals surface area contributed by atoms with Crippen LogP contribution in [-0.4, -0.2) is 42.5 Å². The second-order valence-electron chi connectivity index (χ2n) is 6.34. The van der Waals surface area contributed by atoms with E-state index in [2.05, 4.69) is 10.3 Å². The van der Waals surface area contributed by atoms with Crippen molar-refractivity contribution < 1.29 is 19.1 Å². The molecule has 0 unspecified atom stereocenters. The molecule has 3 aromatic rings. The Hall–Kier alpha value is -2.65. The molecule has 0 saturated heterocycles. The van der Waals surface area contributed by atoms with Crippen LogP contribution >= 0.6 is 22.7 Å². The second-order valence-corrected chi connectivity index (χ2v) is 8.48. The normalized spacial score (nSPS) is 13.3. The van der Waals surface area contributed by atoms with Gasteiger partial charge in [-0.15, -0.1) is 11.3 Å². The van der Waals surface area contributed by atoms with Crippen molar-refractivity contribution in [1.29, 1.82) is 0 Å². The maximum atomic E-state index is 12.5. The van der Waals surface area contributed by atoms with Crippen molar-refractivity contribution in [3.8, 4) is 5.75 Å². The molecular weight excluding hydrogens is 398 g/mol. The average Bonchev–Trinajstić information content (AvgIpc) is 3.26. The third-order valence-electron chi connectivity index (χ3n) is 4.71. The Morgan fingerprint density at radius 3 is 2.79 bits per heavy atom. The lowest BCUT2D eigenvalue weighted by atomic mass is 10.0. The summed E-state index contributed by atoms with van der Waals surface area (Å²) in [4.78, 5) is 31.6. The molecule has 0 spiro atoms. The van der Waals surface area contributed by atoms with E-state index >= 15 is 0 Å². The highest BCUT2D eigenvalue weighted by Crippen LogP contribution is 2.41. The molecule has 3 heterocycles. The number of hydrogen-bond acceptors (Lipinski definition) is 8. The van der Waals surface area contributed by atoms with Crippen LogP contribution in [0.2, 0.25) is 0 Å². The van der Waals surface area contributed by atoms with E-state index in [1.807, 2.05) is 18.2 Å². The van der Waals surface area contributed by atoms with Crippen molar-refractivity contribution in [3.63, 3.8) is 0 Å². The summed E-state index contributed by atoms with van der Waals surface area (Å²) < 4.78 is 11.4. The van der Waals surface area contributed by atoms with Gasteiger partial charge in [-0.2, -0.15) is 0 Å². The van der Waals surface area contributed by atoms with Crippen LogP contribution in [0.25, 0.3) is 10.2 Å². The van der Waals surface area contributed by atoms with E-state index in [4.69, 9.17) is 9.47 Å². The predicted octanol–water partition coefficient (Wildman–Crippen LogP) is 3.80. The lowest BCUT2D eigenvalue weighted by Gasteiger charge is -2.25. The number of thiazole rings is 1. The monoisotopic (exact) mass is 417 g/mol. The highest BCUT2D eigenvalue weighted by Gasteiger charge is 2.29. The fourth-order valence-corrected chi connectivity index (χ4v) is 5.52. The zero-order valence-electron chi connectivity index (χ0n) is 15.7. The molecule has 4 rings (SSSR count). The molecule has 1 aromatic carbocycles. The molecule has 7 nitrogen and oxygen atoms in total. The van der Waals surface area contributed by atoms with Gasteiger partial charge in [-0.05, 0) is 24.1 Å². The number of amides is 1. The number of carbonyl (C=O) groups is 2. The topological polar surface area (TPSA) is 80.8 Å². The summed E-state index contributed by atoms with van der Waals surface area (Å²) in [6.07, 6.45) is 0.630. The zero-order valence-corrected chi connectivity index (χ0v) is 17.3. The van der Waals surface area contributed by atoms with E-state index < -0.39 is 0 Å². The van der Waals surface area contributed by atoms with Gasteiger partial charge >= 0.3 is 5.97 Å². The molecule has 0 atom stereocenters. The zero-order chi connectivity index (χ0) is 19.8. The molecule has 146 valence electrons. The Morgan fingerprint density at radius 1 is 1.25 bits per heavy atom. The molecular formula is C19H19N3O4S2. The van der Waals surface area contributed by atoms with E-state index in [0.29, 0.717) is 41.0 Å². The summed E-state index contributed by atoms with van der Waals surface area (Å²) in [6, 6.07) is 5.77. The number of esters is 1. The minimum Gasteiger partial charge on any atom is -0.494 e. The van der Waals surface area contributed by atoms with Crippen molar-refractivity contribution in [2.75, 3.05) is 26.1 Å². The molecule has 1 amide bonds. The van der Waals surface area contributed by atoms with Gasteiger partial charge in [-0.1, -0.05) is 17.4 Å². The van der Waals surface area contributed by atoms with E-state index in [1.165, 1.54) is 29.8 Å². The number of hydrogen-bond donors (Lipinski definition) is 1. The Labute approximate surface area is 169 Å². The highest BCUT2D eigenvalue weighted by molar-refractivity contribution is 7.23. The van der Waals surface area contributed by atoms with Gasteiger partial charge in [0.25, 0.3) is 0 Å². The van der Waals surface area contributed by atoms with Gasteiger partial charge in [0, 0.05) is 18.3 Å². The number of carbonyl (C=O) groups excluding carboxylic acids is 2. The Morgan fingerprint density at radius 2 is 2.07 bits per heavy atom. The number of fused-ring (bicyclic) bond motifs is 2. The first-order valence-electron chi connectivity index (χ1n) is 8.70. The summed E-state index contributed by atoms with van der Waals surface area (Å²) in [5, 5.41) is 4.66.